The number of nitrogens with zero attached hydrogens (tertiary/aromatic N) is 4. The lowest BCUT2D eigenvalue weighted by atomic mass is 9.71. The number of allylic oxidation sites excluding steroid dienone is 10. The van der Waals surface area contributed by atoms with Crippen molar-refractivity contribution in [3.05, 3.63) is 221 Å². The molecule has 0 N–H and O–H groups in total. The molecule has 59 heavy (non-hydrogen) atoms. The largest absolute Gasteiger partial charge is 0.313 e. The summed E-state index contributed by atoms with van der Waals surface area (Å²) in [4.78, 5) is 17.8. The fraction of sp³-hybridized carbons (Fsp3) is 0.182. The van der Waals surface area contributed by atoms with Gasteiger partial charge in [-0.15, -0.1) is 0 Å². The molecule has 6 aromatic rings. The molecular formula is C55H46N4. The first kappa shape index (κ1) is 35.5. The molecule has 4 atom stereocenters. The standard InChI is InChI=1S/C55H46N4/c1-54(2)45-27-17-16-26-42(45)43-31-29-40(34-47(43)54)59(39-23-12-7-13-24-39)50-41-25-15-14-22-37(41)32-48-49(50)44-30-28-38(33-46(44)55(48,3)4)53-57-51(35-18-8-5-9-19-35)56-52(58-53)36-20-10-6-11-21-36/h5-34,37,41,43,47H,1-4H3. The molecule has 286 valence electrons. The predicted octanol–water partition coefficient (Wildman–Crippen LogP) is 12.8. The zero-order valence-corrected chi connectivity index (χ0v) is 33.9. The molecule has 0 saturated heterocycles. The average molecular weight is 763 g/mol. The van der Waals surface area contributed by atoms with E-state index in [-0.39, 0.29) is 22.7 Å². The lowest BCUT2D eigenvalue weighted by Crippen LogP contribution is -2.35. The maximum atomic E-state index is 5.13. The average Bonchev–Trinajstić information content (AvgIpc) is 3.65. The third kappa shape index (κ3) is 5.61. The normalized spacial score (nSPS) is 22.4. The molecule has 4 nitrogen and oxygen atoms in total. The van der Waals surface area contributed by atoms with Gasteiger partial charge in [0.25, 0.3) is 0 Å². The van der Waals surface area contributed by atoms with Crippen LogP contribution in [0.25, 0.3) is 39.7 Å². The first-order valence-corrected chi connectivity index (χ1v) is 21.0. The molecule has 0 radical (unpaired) electrons. The van der Waals surface area contributed by atoms with Crippen LogP contribution in [-0.4, -0.2) is 15.0 Å². The molecule has 5 aromatic carbocycles. The van der Waals surface area contributed by atoms with Crippen molar-refractivity contribution < 1.29 is 0 Å². The van der Waals surface area contributed by atoms with Gasteiger partial charge in [0, 0.05) is 62.5 Å². The monoisotopic (exact) mass is 762 g/mol. The maximum absolute atomic E-state index is 5.13. The van der Waals surface area contributed by atoms with Crippen LogP contribution >= 0.6 is 0 Å². The third-order valence-corrected chi connectivity index (χ3v) is 13.5. The molecule has 1 heterocycles. The summed E-state index contributed by atoms with van der Waals surface area (Å²) in [6, 6.07) is 47.4. The lowest BCUT2D eigenvalue weighted by molar-refractivity contribution is 0.392. The van der Waals surface area contributed by atoms with Crippen LogP contribution in [0.2, 0.25) is 0 Å². The SMILES string of the molecule is CC1(C)C2=CC3C=CC=CC3C(N(C3=CC4C(C=C3)c3ccccc3C4(C)C)c3ccccc3)=C2c2ccc(-c3nc(-c4ccccc4)nc(-c4ccccc4)n3)cc21. The van der Waals surface area contributed by atoms with Crippen LogP contribution < -0.4 is 4.90 Å². The third-order valence-electron chi connectivity index (χ3n) is 13.5. The first-order chi connectivity index (χ1) is 28.8. The number of fused-ring (bicyclic) bond motifs is 7. The van der Waals surface area contributed by atoms with Crippen LogP contribution in [0.1, 0.15) is 55.9 Å². The van der Waals surface area contributed by atoms with Crippen molar-refractivity contribution >= 4 is 11.3 Å². The van der Waals surface area contributed by atoms with E-state index in [9.17, 15) is 0 Å². The summed E-state index contributed by atoms with van der Waals surface area (Å²) >= 11 is 0. The van der Waals surface area contributed by atoms with Crippen molar-refractivity contribution in [1.82, 2.24) is 15.0 Å². The molecular weight excluding hydrogens is 717 g/mol. The van der Waals surface area contributed by atoms with Gasteiger partial charge in [0.15, 0.2) is 17.5 Å². The van der Waals surface area contributed by atoms with Gasteiger partial charge in [0.2, 0.25) is 0 Å². The molecule has 0 fully saturated rings. The summed E-state index contributed by atoms with van der Waals surface area (Å²) in [6.45, 7) is 9.64. The van der Waals surface area contributed by atoms with Gasteiger partial charge in [0.05, 0.1) is 0 Å². The number of hydrogen-bond acceptors (Lipinski definition) is 4. The van der Waals surface area contributed by atoms with Gasteiger partial charge in [-0.3, -0.25) is 0 Å². The highest BCUT2D eigenvalue weighted by Gasteiger charge is 2.48. The molecule has 0 aliphatic heterocycles. The minimum Gasteiger partial charge on any atom is -0.313 e. The van der Waals surface area contributed by atoms with E-state index in [0.29, 0.717) is 29.3 Å². The van der Waals surface area contributed by atoms with Gasteiger partial charge in [0.1, 0.15) is 0 Å². The molecule has 4 heteroatoms. The summed E-state index contributed by atoms with van der Waals surface area (Å²) < 4.78 is 0. The van der Waals surface area contributed by atoms with E-state index in [1.807, 2.05) is 36.4 Å². The van der Waals surface area contributed by atoms with E-state index in [1.165, 1.54) is 50.5 Å². The summed E-state index contributed by atoms with van der Waals surface area (Å²) in [6.07, 6.45) is 19.3. The molecule has 0 spiro atoms. The Labute approximate surface area is 347 Å². The van der Waals surface area contributed by atoms with Crippen LogP contribution in [0.3, 0.4) is 0 Å². The summed E-state index contributed by atoms with van der Waals surface area (Å²) in [7, 11) is 0. The smallest absolute Gasteiger partial charge is 0.164 e. The quantitative estimate of drug-likeness (QED) is 0.169. The Kier molecular flexibility index (Phi) is 8.10. The van der Waals surface area contributed by atoms with Gasteiger partial charge >= 0.3 is 0 Å². The van der Waals surface area contributed by atoms with Crippen molar-refractivity contribution in [2.24, 2.45) is 17.8 Å². The fourth-order valence-electron chi connectivity index (χ4n) is 10.5. The van der Waals surface area contributed by atoms with Crippen molar-refractivity contribution in [3.63, 3.8) is 0 Å². The Morgan fingerprint density at radius 1 is 0.542 bits per heavy atom. The van der Waals surface area contributed by atoms with Crippen molar-refractivity contribution in [2.75, 3.05) is 4.90 Å². The van der Waals surface area contributed by atoms with Crippen LogP contribution in [0, 0.1) is 17.8 Å². The predicted molar refractivity (Wildman–Crippen MR) is 241 cm³/mol. The van der Waals surface area contributed by atoms with Gasteiger partial charge in [-0.2, -0.15) is 0 Å². The topological polar surface area (TPSA) is 41.9 Å². The van der Waals surface area contributed by atoms with Crippen molar-refractivity contribution in [1.29, 1.82) is 0 Å². The Balaban J connectivity index is 1.11. The van der Waals surface area contributed by atoms with Crippen molar-refractivity contribution in [2.45, 2.75) is 44.4 Å². The number of anilines is 1. The molecule has 5 aliphatic rings. The highest BCUT2D eigenvalue weighted by molar-refractivity contribution is 5.96. The van der Waals surface area contributed by atoms with Crippen molar-refractivity contribution in [3.8, 4) is 34.2 Å². The molecule has 4 unspecified atom stereocenters. The highest BCUT2D eigenvalue weighted by Crippen LogP contribution is 2.59. The minimum atomic E-state index is -0.275. The number of para-hydroxylation sites is 1. The zero-order chi connectivity index (χ0) is 39.9. The van der Waals surface area contributed by atoms with E-state index in [1.54, 1.807) is 0 Å². The van der Waals surface area contributed by atoms with Crippen LogP contribution in [0.15, 0.2) is 199 Å². The van der Waals surface area contributed by atoms with Gasteiger partial charge in [-0.1, -0.05) is 185 Å². The van der Waals surface area contributed by atoms with E-state index >= 15 is 0 Å². The second-order valence-electron chi connectivity index (χ2n) is 17.6. The highest BCUT2D eigenvalue weighted by atomic mass is 15.2. The van der Waals surface area contributed by atoms with E-state index in [2.05, 4.69) is 178 Å². The number of rotatable bonds is 6. The molecule has 0 saturated carbocycles. The van der Waals surface area contributed by atoms with E-state index < -0.39 is 0 Å². The molecule has 5 aliphatic carbocycles. The summed E-state index contributed by atoms with van der Waals surface area (Å²) in [5.74, 6) is 3.09. The molecule has 0 bridgehead atoms. The second kappa shape index (κ2) is 13.5. The fourth-order valence-corrected chi connectivity index (χ4v) is 10.5. The van der Waals surface area contributed by atoms with E-state index in [4.69, 9.17) is 15.0 Å². The number of benzene rings is 5. The van der Waals surface area contributed by atoms with Crippen LogP contribution in [-0.2, 0) is 10.8 Å². The zero-order valence-electron chi connectivity index (χ0n) is 33.9. The van der Waals surface area contributed by atoms with Crippen LogP contribution in [0.4, 0.5) is 5.69 Å². The molecule has 1 aromatic heterocycles. The number of aromatic nitrogens is 3. The Bertz CT molecular complexity index is 2780. The maximum Gasteiger partial charge on any atom is 0.164 e. The van der Waals surface area contributed by atoms with Crippen LogP contribution in [0.5, 0.6) is 0 Å². The summed E-state index contributed by atoms with van der Waals surface area (Å²) in [5.41, 5.74) is 14.6. The minimum absolute atomic E-state index is 0.000782. The summed E-state index contributed by atoms with van der Waals surface area (Å²) in [5, 5.41) is 0. The van der Waals surface area contributed by atoms with Gasteiger partial charge < -0.3 is 4.90 Å². The van der Waals surface area contributed by atoms with E-state index in [0.717, 1.165) is 16.7 Å². The number of hydrogen-bond donors (Lipinski definition) is 0. The Hall–Kier alpha value is -6.65. The van der Waals surface area contributed by atoms with Gasteiger partial charge in [-0.25, -0.2) is 15.0 Å². The lowest BCUT2D eigenvalue weighted by Gasteiger charge is -2.42. The first-order valence-electron chi connectivity index (χ1n) is 21.0. The van der Waals surface area contributed by atoms with Gasteiger partial charge in [-0.05, 0) is 63.4 Å². The second-order valence-corrected chi connectivity index (χ2v) is 17.6. The Morgan fingerprint density at radius 2 is 1.15 bits per heavy atom. The molecule has 11 rings (SSSR count). The molecule has 0 amide bonds. The Morgan fingerprint density at radius 3 is 1.85 bits per heavy atom.